The minimum absolute atomic E-state index is 0.153. The van der Waals surface area contributed by atoms with Gasteiger partial charge in [0.1, 0.15) is 0 Å². The summed E-state index contributed by atoms with van der Waals surface area (Å²) in [5.74, 6) is 2.27. The largest absolute Gasteiger partial charge is 0.396 e. The minimum atomic E-state index is -0.224. The lowest BCUT2D eigenvalue weighted by Gasteiger charge is -2.57. The van der Waals surface area contributed by atoms with Gasteiger partial charge in [-0.3, -0.25) is 0 Å². The number of nitrogens with zero attached hydrogens (tertiary/aromatic N) is 1. The highest BCUT2D eigenvalue weighted by molar-refractivity contribution is 5.21. The number of aliphatic hydroxyl groups excluding tert-OH is 2. The molecule has 0 heterocycles. The fraction of sp³-hybridized carbons (Fsp3) is 0.909. The van der Waals surface area contributed by atoms with Gasteiger partial charge in [-0.15, -0.1) is 0 Å². The highest BCUT2D eigenvalue weighted by atomic mass is 16.3. The normalized spacial score (nSPS) is 48.0. The molecule has 0 aromatic rings. The third-order valence-electron chi connectivity index (χ3n) is 8.54. The monoisotopic (exact) mass is 349 g/mol. The van der Waals surface area contributed by atoms with Crippen LogP contribution in [0.25, 0.3) is 0 Å². The zero-order valence-electron chi connectivity index (χ0n) is 16.8. The van der Waals surface area contributed by atoms with E-state index in [1.807, 2.05) is 0 Å². The van der Waals surface area contributed by atoms with Gasteiger partial charge in [0, 0.05) is 13.2 Å². The Morgan fingerprint density at radius 1 is 1.12 bits per heavy atom. The second-order valence-electron chi connectivity index (χ2n) is 10.1. The SMILES string of the molecule is C=C1CCC2[C@H](CN(C)C)C([C@@]3(C)CC[C@H](O)C[C@@H]3CO)CC[C@]12C. The molecule has 3 heteroatoms. The van der Waals surface area contributed by atoms with E-state index in [1.165, 1.54) is 31.3 Å². The zero-order chi connectivity index (χ0) is 18.4. The molecule has 0 aliphatic heterocycles. The van der Waals surface area contributed by atoms with Gasteiger partial charge in [-0.05, 0) is 93.5 Å². The van der Waals surface area contributed by atoms with Crippen LogP contribution in [0.1, 0.15) is 58.8 Å². The standard InChI is InChI=1S/C22H39NO2/c1-15-6-7-19-18(13-23(4)5)20(9-11-21(15,19)2)22(3)10-8-17(25)12-16(22)14-24/h16-20,24-25H,1,6-14H2,2-5H3/t16-,17+,18+,19?,20?,21-,22+/m1/s1. The summed E-state index contributed by atoms with van der Waals surface area (Å²) in [4.78, 5) is 2.36. The topological polar surface area (TPSA) is 43.7 Å². The van der Waals surface area contributed by atoms with Gasteiger partial charge >= 0.3 is 0 Å². The average Bonchev–Trinajstić information content (AvgIpc) is 2.85. The number of fused-ring (bicyclic) bond motifs is 1. The van der Waals surface area contributed by atoms with E-state index in [4.69, 9.17) is 0 Å². The molecule has 144 valence electrons. The van der Waals surface area contributed by atoms with Crippen LogP contribution in [-0.4, -0.2) is 48.5 Å². The van der Waals surface area contributed by atoms with Crippen molar-refractivity contribution in [3.05, 3.63) is 12.2 Å². The van der Waals surface area contributed by atoms with E-state index in [9.17, 15) is 10.2 Å². The van der Waals surface area contributed by atoms with Crippen molar-refractivity contribution in [3.8, 4) is 0 Å². The molecule has 0 amide bonds. The second-order valence-corrected chi connectivity index (χ2v) is 10.1. The summed E-state index contributed by atoms with van der Waals surface area (Å²) in [5, 5.41) is 20.2. The summed E-state index contributed by atoms with van der Waals surface area (Å²) in [6.45, 7) is 10.7. The first-order valence-corrected chi connectivity index (χ1v) is 10.3. The van der Waals surface area contributed by atoms with Crippen molar-refractivity contribution in [2.24, 2.45) is 34.5 Å². The van der Waals surface area contributed by atoms with Crippen LogP contribution >= 0.6 is 0 Å². The van der Waals surface area contributed by atoms with E-state index in [0.717, 1.165) is 31.7 Å². The fourth-order valence-electron chi connectivity index (χ4n) is 6.86. The molecule has 25 heavy (non-hydrogen) atoms. The van der Waals surface area contributed by atoms with Gasteiger partial charge in [-0.1, -0.05) is 26.0 Å². The highest BCUT2D eigenvalue weighted by Crippen LogP contribution is 2.63. The van der Waals surface area contributed by atoms with Crippen molar-refractivity contribution in [1.82, 2.24) is 4.90 Å². The highest BCUT2D eigenvalue weighted by Gasteiger charge is 2.56. The zero-order valence-corrected chi connectivity index (χ0v) is 16.8. The van der Waals surface area contributed by atoms with E-state index in [2.05, 4.69) is 39.4 Å². The minimum Gasteiger partial charge on any atom is -0.396 e. The molecule has 0 bridgehead atoms. The van der Waals surface area contributed by atoms with Crippen LogP contribution in [0.4, 0.5) is 0 Å². The number of hydrogen-bond acceptors (Lipinski definition) is 3. The molecule has 3 nitrogen and oxygen atoms in total. The van der Waals surface area contributed by atoms with Gasteiger partial charge in [0.25, 0.3) is 0 Å². The van der Waals surface area contributed by atoms with E-state index in [1.54, 1.807) is 0 Å². The smallest absolute Gasteiger partial charge is 0.0544 e. The van der Waals surface area contributed by atoms with E-state index in [-0.39, 0.29) is 24.0 Å². The van der Waals surface area contributed by atoms with E-state index in [0.29, 0.717) is 17.3 Å². The van der Waals surface area contributed by atoms with Crippen molar-refractivity contribution >= 4 is 0 Å². The molecule has 2 N–H and O–H groups in total. The molecule has 0 spiro atoms. The van der Waals surface area contributed by atoms with Crippen molar-refractivity contribution in [2.45, 2.75) is 64.9 Å². The fourth-order valence-corrected chi connectivity index (χ4v) is 6.86. The lowest BCUT2D eigenvalue weighted by Crippen LogP contribution is -2.53. The Bertz CT molecular complexity index is 504. The predicted molar refractivity (Wildman–Crippen MR) is 103 cm³/mol. The number of rotatable bonds is 4. The lowest BCUT2D eigenvalue weighted by molar-refractivity contribution is -0.0978. The molecule has 3 rings (SSSR count). The Morgan fingerprint density at radius 2 is 1.84 bits per heavy atom. The van der Waals surface area contributed by atoms with Crippen molar-refractivity contribution in [3.63, 3.8) is 0 Å². The Labute approximate surface area is 154 Å². The predicted octanol–water partition coefficient (Wildman–Crippen LogP) is 3.71. The van der Waals surface area contributed by atoms with Crippen LogP contribution in [0, 0.1) is 34.5 Å². The van der Waals surface area contributed by atoms with Gasteiger partial charge in [-0.2, -0.15) is 0 Å². The molecule has 0 saturated heterocycles. The number of aliphatic hydroxyl groups is 2. The van der Waals surface area contributed by atoms with Crippen LogP contribution in [0.15, 0.2) is 12.2 Å². The van der Waals surface area contributed by atoms with Crippen LogP contribution in [0.3, 0.4) is 0 Å². The molecule has 0 aromatic heterocycles. The Hall–Kier alpha value is -0.380. The molecule has 3 saturated carbocycles. The van der Waals surface area contributed by atoms with Gasteiger partial charge in [0.2, 0.25) is 0 Å². The van der Waals surface area contributed by atoms with E-state index < -0.39 is 0 Å². The Balaban J connectivity index is 1.92. The molecule has 0 radical (unpaired) electrons. The second kappa shape index (κ2) is 6.98. The molecule has 2 unspecified atom stereocenters. The Kier molecular flexibility index (Phi) is 5.41. The van der Waals surface area contributed by atoms with E-state index >= 15 is 0 Å². The van der Waals surface area contributed by atoms with Crippen LogP contribution in [0.5, 0.6) is 0 Å². The van der Waals surface area contributed by atoms with Crippen LogP contribution in [-0.2, 0) is 0 Å². The van der Waals surface area contributed by atoms with Crippen LogP contribution < -0.4 is 0 Å². The quantitative estimate of drug-likeness (QED) is 0.761. The first kappa shape index (κ1) is 19.4. The van der Waals surface area contributed by atoms with Gasteiger partial charge < -0.3 is 15.1 Å². The first-order chi connectivity index (χ1) is 11.7. The molecule has 7 atom stereocenters. The third kappa shape index (κ3) is 3.21. The third-order valence-corrected chi connectivity index (χ3v) is 8.54. The first-order valence-electron chi connectivity index (χ1n) is 10.3. The summed E-state index contributed by atoms with van der Waals surface area (Å²) >= 11 is 0. The maximum Gasteiger partial charge on any atom is 0.0544 e. The summed E-state index contributed by atoms with van der Waals surface area (Å²) in [6, 6.07) is 0. The molecule has 3 aliphatic carbocycles. The summed E-state index contributed by atoms with van der Waals surface area (Å²) in [5.41, 5.74) is 1.94. The number of allylic oxidation sites excluding steroid dienone is 1. The molecule has 0 aromatic carbocycles. The maximum atomic E-state index is 10.1. The molecular weight excluding hydrogens is 310 g/mol. The van der Waals surface area contributed by atoms with Crippen molar-refractivity contribution in [1.29, 1.82) is 0 Å². The number of hydrogen-bond donors (Lipinski definition) is 2. The summed E-state index contributed by atoms with van der Waals surface area (Å²) < 4.78 is 0. The molecular formula is C22H39NO2. The average molecular weight is 350 g/mol. The summed E-state index contributed by atoms with van der Waals surface area (Å²) in [6.07, 6.45) is 7.47. The summed E-state index contributed by atoms with van der Waals surface area (Å²) in [7, 11) is 4.40. The van der Waals surface area contributed by atoms with Crippen molar-refractivity contribution in [2.75, 3.05) is 27.2 Å². The molecule has 3 fully saturated rings. The molecule has 3 aliphatic rings. The van der Waals surface area contributed by atoms with Gasteiger partial charge in [0.15, 0.2) is 0 Å². The van der Waals surface area contributed by atoms with Crippen LogP contribution in [0.2, 0.25) is 0 Å². The lowest BCUT2D eigenvalue weighted by atomic mass is 9.49. The Morgan fingerprint density at radius 3 is 2.48 bits per heavy atom. The maximum absolute atomic E-state index is 10.1. The van der Waals surface area contributed by atoms with Crippen molar-refractivity contribution < 1.29 is 10.2 Å². The van der Waals surface area contributed by atoms with Gasteiger partial charge in [0.05, 0.1) is 6.10 Å². The van der Waals surface area contributed by atoms with Gasteiger partial charge in [-0.25, -0.2) is 0 Å².